The Balaban J connectivity index is 1.21. The molecule has 1 aromatic carbocycles. The summed E-state index contributed by atoms with van der Waals surface area (Å²) in [7, 11) is 0. The van der Waals surface area contributed by atoms with Crippen LogP contribution in [-0.4, -0.2) is 51.6 Å². The maximum Gasteiger partial charge on any atom is 0.241 e. The third kappa shape index (κ3) is 6.80. The van der Waals surface area contributed by atoms with E-state index in [1.165, 1.54) is 32.1 Å². The molecule has 2 fully saturated rings. The van der Waals surface area contributed by atoms with Crippen molar-refractivity contribution in [1.29, 1.82) is 0 Å². The number of rotatable bonds is 8. The molecule has 0 bridgehead atoms. The van der Waals surface area contributed by atoms with Crippen LogP contribution in [0.3, 0.4) is 0 Å². The number of aromatic nitrogens is 2. The SMILES string of the molecule is O=C(NCCSC1CCCCC1)C1CCCN(Cc2nc(-c3ccc(Br)cc3)no2)C1. The Morgan fingerprint density at radius 3 is 2.77 bits per heavy atom. The van der Waals surface area contributed by atoms with E-state index in [1.807, 2.05) is 36.0 Å². The summed E-state index contributed by atoms with van der Waals surface area (Å²) in [6, 6.07) is 7.86. The van der Waals surface area contributed by atoms with Crippen molar-refractivity contribution in [3.8, 4) is 11.4 Å². The molecule has 31 heavy (non-hydrogen) atoms. The van der Waals surface area contributed by atoms with Gasteiger partial charge in [-0.25, -0.2) is 0 Å². The third-order valence-corrected chi connectivity index (χ3v) is 8.02. The van der Waals surface area contributed by atoms with Crippen molar-refractivity contribution in [2.75, 3.05) is 25.4 Å². The zero-order valence-corrected chi connectivity index (χ0v) is 20.3. The lowest BCUT2D eigenvalue weighted by atomic mass is 9.97. The molecule has 1 aliphatic carbocycles. The van der Waals surface area contributed by atoms with Crippen molar-refractivity contribution in [2.24, 2.45) is 5.92 Å². The highest BCUT2D eigenvalue weighted by Gasteiger charge is 2.27. The van der Waals surface area contributed by atoms with Crippen LogP contribution in [0.15, 0.2) is 33.3 Å². The molecular weight excluding hydrogens is 476 g/mol. The lowest BCUT2D eigenvalue weighted by Gasteiger charge is -2.31. The van der Waals surface area contributed by atoms with E-state index in [9.17, 15) is 4.79 Å². The summed E-state index contributed by atoms with van der Waals surface area (Å²) in [6.07, 6.45) is 8.78. The van der Waals surface area contributed by atoms with E-state index in [2.05, 4.69) is 36.3 Å². The molecule has 1 N–H and O–H groups in total. The number of carbonyl (C=O) groups excluding carboxylic acids is 1. The molecule has 1 aromatic heterocycles. The fraction of sp³-hybridized carbons (Fsp3) is 0.609. The highest BCUT2D eigenvalue weighted by Crippen LogP contribution is 2.28. The molecule has 0 radical (unpaired) electrons. The average Bonchev–Trinajstić information content (AvgIpc) is 3.26. The molecule has 1 aliphatic heterocycles. The Kier molecular flexibility index (Phi) is 8.44. The van der Waals surface area contributed by atoms with Gasteiger partial charge in [0.2, 0.25) is 17.6 Å². The van der Waals surface area contributed by atoms with E-state index >= 15 is 0 Å². The third-order valence-electron chi connectivity index (χ3n) is 6.11. The number of piperidine rings is 1. The molecular formula is C23H31BrN4O2S. The van der Waals surface area contributed by atoms with Gasteiger partial charge >= 0.3 is 0 Å². The van der Waals surface area contributed by atoms with Crippen molar-refractivity contribution in [3.05, 3.63) is 34.6 Å². The van der Waals surface area contributed by atoms with E-state index in [4.69, 9.17) is 4.52 Å². The van der Waals surface area contributed by atoms with Crippen LogP contribution >= 0.6 is 27.7 Å². The molecule has 2 heterocycles. The van der Waals surface area contributed by atoms with E-state index in [-0.39, 0.29) is 11.8 Å². The van der Waals surface area contributed by atoms with E-state index in [0.717, 1.165) is 53.5 Å². The molecule has 0 spiro atoms. The van der Waals surface area contributed by atoms with Crippen LogP contribution in [0.1, 0.15) is 50.8 Å². The molecule has 8 heteroatoms. The van der Waals surface area contributed by atoms with Crippen LogP contribution in [0.5, 0.6) is 0 Å². The standard InChI is InChI=1S/C23H31BrN4O2S/c24-19-10-8-17(9-11-19)22-26-21(30-27-22)16-28-13-4-5-18(15-28)23(29)25-12-14-31-20-6-2-1-3-7-20/h8-11,18,20H,1-7,12-16H2,(H,25,29). The monoisotopic (exact) mass is 506 g/mol. The summed E-state index contributed by atoms with van der Waals surface area (Å²) in [5.74, 6) is 2.46. The second kappa shape index (κ2) is 11.5. The van der Waals surface area contributed by atoms with Gasteiger partial charge in [0.05, 0.1) is 12.5 Å². The molecule has 1 saturated carbocycles. The second-order valence-corrected chi connectivity index (χ2v) is 10.8. The number of halogens is 1. The summed E-state index contributed by atoms with van der Waals surface area (Å²) in [5.41, 5.74) is 0.931. The van der Waals surface area contributed by atoms with Crippen LogP contribution < -0.4 is 5.32 Å². The van der Waals surface area contributed by atoms with Crippen LogP contribution in [0.4, 0.5) is 0 Å². The largest absolute Gasteiger partial charge is 0.355 e. The second-order valence-electron chi connectivity index (χ2n) is 8.51. The smallest absolute Gasteiger partial charge is 0.241 e. The molecule has 168 valence electrons. The Bertz CT molecular complexity index is 838. The van der Waals surface area contributed by atoms with Crippen LogP contribution in [0.25, 0.3) is 11.4 Å². The molecule has 2 aliphatic rings. The number of benzene rings is 1. The minimum absolute atomic E-state index is 0.0438. The Morgan fingerprint density at radius 1 is 1.16 bits per heavy atom. The van der Waals surface area contributed by atoms with Gasteiger partial charge in [0.15, 0.2) is 0 Å². The summed E-state index contributed by atoms with van der Waals surface area (Å²) in [4.78, 5) is 19.5. The van der Waals surface area contributed by atoms with Crippen LogP contribution in [-0.2, 0) is 11.3 Å². The maximum atomic E-state index is 12.7. The number of carbonyl (C=O) groups is 1. The summed E-state index contributed by atoms with van der Waals surface area (Å²) in [6.45, 7) is 3.07. The highest BCUT2D eigenvalue weighted by molar-refractivity contribution is 9.10. The number of hydrogen-bond donors (Lipinski definition) is 1. The summed E-state index contributed by atoms with van der Waals surface area (Å²) >= 11 is 5.47. The quantitative estimate of drug-likeness (QED) is 0.513. The fourth-order valence-corrected chi connectivity index (χ4v) is 5.90. The first kappa shape index (κ1) is 22.8. The molecule has 1 unspecified atom stereocenters. The van der Waals surface area contributed by atoms with Gasteiger partial charge in [-0.15, -0.1) is 0 Å². The normalized spacial score (nSPS) is 20.6. The fourth-order valence-electron chi connectivity index (χ4n) is 4.42. The van der Waals surface area contributed by atoms with Gasteiger partial charge in [0, 0.05) is 34.1 Å². The van der Waals surface area contributed by atoms with E-state index in [1.54, 1.807) is 0 Å². The topological polar surface area (TPSA) is 71.3 Å². The number of thioether (sulfide) groups is 1. The van der Waals surface area contributed by atoms with Crippen LogP contribution in [0, 0.1) is 5.92 Å². The first-order valence-electron chi connectivity index (χ1n) is 11.4. The Hall–Kier alpha value is -1.38. The lowest BCUT2D eigenvalue weighted by Crippen LogP contribution is -2.43. The van der Waals surface area contributed by atoms with Crippen molar-refractivity contribution in [2.45, 2.75) is 56.7 Å². The Morgan fingerprint density at radius 2 is 1.97 bits per heavy atom. The van der Waals surface area contributed by atoms with Crippen molar-refractivity contribution in [3.63, 3.8) is 0 Å². The molecule has 1 saturated heterocycles. The zero-order chi connectivity index (χ0) is 21.5. The van der Waals surface area contributed by atoms with Crippen molar-refractivity contribution >= 4 is 33.6 Å². The summed E-state index contributed by atoms with van der Waals surface area (Å²) < 4.78 is 6.49. The molecule has 2 aromatic rings. The predicted molar refractivity (Wildman–Crippen MR) is 128 cm³/mol. The first-order valence-corrected chi connectivity index (χ1v) is 13.2. The number of likely N-dealkylation sites (tertiary alicyclic amines) is 1. The molecule has 1 atom stereocenters. The van der Waals surface area contributed by atoms with E-state index in [0.29, 0.717) is 18.3 Å². The Labute approximate surface area is 197 Å². The highest BCUT2D eigenvalue weighted by atomic mass is 79.9. The first-order chi connectivity index (χ1) is 15.2. The summed E-state index contributed by atoms with van der Waals surface area (Å²) in [5, 5.41) is 8.08. The number of amides is 1. The van der Waals surface area contributed by atoms with Gasteiger partial charge in [0.25, 0.3) is 0 Å². The van der Waals surface area contributed by atoms with Gasteiger partial charge in [0.1, 0.15) is 0 Å². The maximum absolute atomic E-state index is 12.7. The van der Waals surface area contributed by atoms with Gasteiger partial charge in [-0.05, 0) is 56.5 Å². The van der Waals surface area contributed by atoms with Gasteiger partial charge in [-0.3, -0.25) is 9.69 Å². The minimum Gasteiger partial charge on any atom is -0.355 e. The number of nitrogens with zero attached hydrogens (tertiary/aromatic N) is 3. The van der Waals surface area contributed by atoms with Gasteiger partial charge < -0.3 is 9.84 Å². The predicted octanol–water partition coefficient (Wildman–Crippen LogP) is 4.89. The molecule has 1 amide bonds. The molecule has 6 nitrogen and oxygen atoms in total. The lowest BCUT2D eigenvalue weighted by molar-refractivity contribution is -0.126. The van der Waals surface area contributed by atoms with Crippen molar-refractivity contribution < 1.29 is 9.32 Å². The van der Waals surface area contributed by atoms with E-state index < -0.39 is 0 Å². The molecule has 4 rings (SSSR count). The number of hydrogen-bond acceptors (Lipinski definition) is 6. The van der Waals surface area contributed by atoms with Crippen LogP contribution in [0.2, 0.25) is 0 Å². The average molecular weight is 507 g/mol. The number of nitrogens with one attached hydrogen (secondary N) is 1. The van der Waals surface area contributed by atoms with Gasteiger partial charge in [-0.2, -0.15) is 16.7 Å². The van der Waals surface area contributed by atoms with Gasteiger partial charge in [-0.1, -0.05) is 40.3 Å². The minimum atomic E-state index is 0.0438. The van der Waals surface area contributed by atoms with Crippen molar-refractivity contribution in [1.82, 2.24) is 20.4 Å². The zero-order valence-electron chi connectivity index (χ0n) is 17.9.